The highest BCUT2D eigenvalue weighted by Crippen LogP contribution is 2.12. The summed E-state index contributed by atoms with van der Waals surface area (Å²) in [4.78, 5) is 0. The Bertz CT molecular complexity index is 207. The highest BCUT2D eigenvalue weighted by atomic mass is 16.5. The Kier molecular flexibility index (Phi) is 19.2. The van der Waals surface area contributed by atoms with Crippen LogP contribution in [0.1, 0.15) is 90.4 Å². The topological polar surface area (TPSA) is 34.0 Å². The van der Waals surface area contributed by atoms with Crippen molar-refractivity contribution in [3.63, 3.8) is 0 Å². The summed E-state index contributed by atoms with van der Waals surface area (Å²) in [6, 6.07) is 0. The predicted molar refractivity (Wildman–Crippen MR) is 92.2 cm³/mol. The van der Waals surface area contributed by atoms with Crippen LogP contribution in [-0.4, -0.2) is 26.8 Å². The van der Waals surface area contributed by atoms with Crippen molar-refractivity contribution in [3.05, 3.63) is 0 Å². The second kappa shape index (κ2) is 19.6. The molecule has 0 aromatic rings. The zero-order valence-corrected chi connectivity index (χ0v) is 14.6. The first kappa shape index (κ1) is 20.6. The highest BCUT2D eigenvalue weighted by Gasteiger charge is 1.93. The molecule has 0 aliphatic rings. The smallest absolute Gasteiger partial charge is 0.0832 e. The van der Waals surface area contributed by atoms with E-state index in [0.29, 0.717) is 13.2 Å². The first-order valence-electron chi connectivity index (χ1n) is 9.24. The molecule has 0 radical (unpaired) electrons. The molecular formula is C18H38N2O. The fraction of sp³-hybridized carbons (Fsp3) is 1.00. The van der Waals surface area contributed by atoms with Gasteiger partial charge in [0, 0.05) is 7.11 Å². The lowest BCUT2D eigenvalue weighted by molar-refractivity contribution is 0.206. The summed E-state index contributed by atoms with van der Waals surface area (Å²) >= 11 is 0. The Hall–Kier alpha value is -0.440. The van der Waals surface area contributed by atoms with Gasteiger partial charge < -0.3 is 4.74 Å². The van der Waals surface area contributed by atoms with Crippen molar-refractivity contribution in [1.29, 1.82) is 0 Å². The standard InChI is InChI=1S/C18H38N2O/c1-3-4-5-6-7-8-9-10-11-12-13-14-15-16-19-20-17-18-21-2/h3-18H2,1-2H3. The number of methoxy groups -OCH3 is 1. The Morgan fingerprint density at radius 3 is 1.48 bits per heavy atom. The molecule has 3 nitrogen and oxygen atoms in total. The maximum absolute atomic E-state index is 4.91. The van der Waals surface area contributed by atoms with Crippen LogP contribution >= 0.6 is 0 Å². The molecule has 3 heteroatoms. The van der Waals surface area contributed by atoms with Crippen molar-refractivity contribution >= 4 is 0 Å². The lowest BCUT2D eigenvalue weighted by Gasteiger charge is -2.02. The molecule has 21 heavy (non-hydrogen) atoms. The summed E-state index contributed by atoms with van der Waals surface area (Å²) in [6.45, 7) is 4.56. The van der Waals surface area contributed by atoms with Crippen molar-refractivity contribution in [2.75, 3.05) is 26.8 Å². The van der Waals surface area contributed by atoms with Gasteiger partial charge in [-0.25, -0.2) is 0 Å². The minimum atomic E-state index is 0.683. The summed E-state index contributed by atoms with van der Waals surface area (Å²) in [7, 11) is 1.70. The Balaban J connectivity index is 2.98. The number of azo groups is 1. The molecule has 0 unspecified atom stereocenters. The zero-order chi connectivity index (χ0) is 15.4. The number of unbranched alkanes of at least 4 members (excludes halogenated alkanes) is 12. The van der Waals surface area contributed by atoms with Crippen LogP contribution in [0.25, 0.3) is 0 Å². The zero-order valence-electron chi connectivity index (χ0n) is 14.6. The minimum Gasteiger partial charge on any atom is -0.383 e. The second-order valence-electron chi connectivity index (χ2n) is 5.97. The maximum atomic E-state index is 4.91. The van der Waals surface area contributed by atoms with Gasteiger partial charge >= 0.3 is 0 Å². The van der Waals surface area contributed by atoms with Gasteiger partial charge in [-0.3, -0.25) is 0 Å². The Morgan fingerprint density at radius 1 is 0.571 bits per heavy atom. The fourth-order valence-corrected chi connectivity index (χ4v) is 2.47. The monoisotopic (exact) mass is 298 g/mol. The molecule has 0 atom stereocenters. The Morgan fingerprint density at radius 2 is 1.00 bits per heavy atom. The quantitative estimate of drug-likeness (QED) is 0.233. The van der Waals surface area contributed by atoms with Crippen LogP contribution < -0.4 is 0 Å². The van der Waals surface area contributed by atoms with Crippen LogP contribution in [0.5, 0.6) is 0 Å². The molecule has 0 aromatic carbocycles. The molecule has 0 heterocycles. The summed E-state index contributed by atoms with van der Waals surface area (Å²) < 4.78 is 4.91. The third kappa shape index (κ3) is 19.6. The average Bonchev–Trinajstić information content (AvgIpc) is 2.50. The van der Waals surface area contributed by atoms with Crippen LogP contribution in [0, 0.1) is 0 Å². The normalized spacial score (nSPS) is 11.5. The first-order chi connectivity index (χ1) is 10.4. The number of rotatable bonds is 17. The van der Waals surface area contributed by atoms with E-state index in [9.17, 15) is 0 Å². The lowest BCUT2D eigenvalue weighted by atomic mass is 10.0. The van der Waals surface area contributed by atoms with Gasteiger partial charge in [0.05, 0.1) is 19.7 Å². The first-order valence-corrected chi connectivity index (χ1v) is 9.24. The Labute approximate surface area is 133 Å². The SMILES string of the molecule is CCCCCCCCCCCCCCCN=NCCOC. The summed E-state index contributed by atoms with van der Waals surface area (Å²) in [6.07, 6.45) is 18.1. The van der Waals surface area contributed by atoms with Gasteiger partial charge in [0.1, 0.15) is 0 Å². The fourth-order valence-electron chi connectivity index (χ4n) is 2.47. The van der Waals surface area contributed by atoms with E-state index in [4.69, 9.17) is 4.74 Å². The van der Waals surface area contributed by atoms with Crippen molar-refractivity contribution in [3.8, 4) is 0 Å². The average molecular weight is 299 g/mol. The van der Waals surface area contributed by atoms with Crippen molar-refractivity contribution in [2.45, 2.75) is 90.4 Å². The molecule has 0 saturated heterocycles. The van der Waals surface area contributed by atoms with Gasteiger partial charge in [-0.15, -0.1) is 0 Å². The van der Waals surface area contributed by atoms with E-state index in [1.807, 2.05) is 0 Å². The third-order valence-corrected chi connectivity index (χ3v) is 3.86. The van der Waals surface area contributed by atoms with E-state index in [1.54, 1.807) is 7.11 Å². The third-order valence-electron chi connectivity index (χ3n) is 3.86. The molecule has 0 spiro atoms. The summed E-state index contributed by atoms with van der Waals surface area (Å²) in [5.74, 6) is 0. The van der Waals surface area contributed by atoms with E-state index in [1.165, 1.54) is 83.5 Å². The van der Waals surface area contributed by atoms with Gasteiger partial charge in [-0.05, 0) is 6.42 Å². The molecule has 0 bridgehead atoms. The summed E-state index contributed by atoms with van der Waals surface area (Å²) in [5, 5.41) is 8.20. The lowest BCUT2D eigenvalue weighted by Crippen LogP contribution is -1.91. The van der Waals surface area contributed by atoms with Crippen molar-refractivity contribution < 1.29 is 4.74 Å². The van der Waals surface area contributed by atoms with Crippen LogP contribution in [0.4, 0.5) is 0 Å². The van der Waals surface area contributed by atoms with Crippen molar-refractivity contribution in [1.82, 2.24) is 0 Å². The van der Waals surface area contributed by atoms with E-state index in [-0.39, 0.29) is 0 Å². The van der Waals surface area contributed by atoms with Crippen molar-refractivity contribution in [2.24, 2.45) is 10.2 Å². The molecule has 0 saturated carbocycles. The largest absolute Gasteiger partial charge is 0.383 e. The molecule has 0 rings (SSSR count). The van der Waals surface area contributed by atoms with Gasteiger partial charge in [0.15, 0.2) is 0 Å². The van der Waals surface area contributed by atoms with Crippen LogP contribution in [0.2, 0.25) is 0 Å². The van der Waals surface area contributed by atoms with Crippen LogP contribution in [-0.2, 0) is 4.74 Å². The van der Waals surface area contributed by atoms with E-state index in [2.05, 4.69) is 17.2 Å². The van der Waals surface area contributed by atoms with E-state index in [0.717, 1.165) is 6.54 Å². The second-order valence-corrected chi connectivity index (χ2v) is 5.97. The minimum absolute atomic E-state index is 0.683. The highest BCUT2D eigenvalue weighted by molar-refractivity contribution is 4.50. The molecule has 0 N–H and O–H groups in total. The van der Waals surface area contributed by atoms with Crippen LogP contribution in [0.3, 0.4) is 0 Å². The van der Waals surface area contributed by atoms with E-state index >= 15 is 0 Å². The van der Waals surface area contributed by atoms with Crippen LogP contribution in [0.15, 0.2) is 10.2 Å². The molecule has 0 fully saturated rings. The number of nitrogens with zero attached hydrogens (tertiary/aromatic N) is 2. The summed E-state index contributed by atoms with van der Waals surface area (Å²) in [5.41, 5.74) is 0. The van der Waals surface area contributed by atoms with Gasteiger partial charge in [-0.1, -0.05) is 84.0 Å². The van der Waals surface area contributed by atoms with Gasteiger partial charge in [-0.2, -0.15) is 10.2 Å². The number of hydrogen-bond acceptors (Lipinski definition) is 3. The van der Waals surface area contributed by atoms with Gasteiger partial charge in [0.2, 0.25) is 0 Å². The molecule has 0 amide bonds. The molecule has 0 aromatic heterocycles. The number of hydrogen-bond donors (Lipinski definition) is 0. The molecule has 126 valence electrons. The molecule has 0 aliphatic heterocycles. The van der Waals surface area contributed by atoms with Gasteiger partial charge in [0.25, 0.3) is 0 Å². The molecule has 0 aliphatic carbocycles. The number of ether oxygens (including phenoxy) is 1. The van der Waals surface area contributed by atoms with E-state index < -0.39 is 0 Å². The molecular weight excluding hydrogens is 260 g/mol. The maximum Gasteiger partial charge on any atom is 0.0832 e. The predicted octanol–water partition coefficient (Wildman–Crippen LogP) is 6.18.